The largest absolute Gasteiger partial charge is 0.322 e. The molecule has 1 N–H and O–H groups in total. The molecule has 0 bridgehead atoms. The fourth-order valence-corrected chi connectivity index (χ4v) is 1.70. The Labute approximate surface area is 123 Å². The predicted octanol–water partition coefficient (Wildman–Crippen LogP) is 4.81. The lowest BCUT2D eigenvalue weighted by atomic mass is 10.1. The molecule has 0 fully saturated rings. The molecule has 0 saturated heterocycles. The molecule has 0 unspecified atom stereocenters. The molecule has 0 aliphatic carbocycles. The molecule has 2 aromatic rings. The molecule has 21 heavy (non-hydrogen) atoms. The maximum Gasteiger partial charge on any atom is 0.258 e. The Balaban J connectivity index is 0.00000106. The summed E-state index contributed by atoms with van der Waals surface area (Å²) in [6.45, 7) is 6.03. The van der Waals surface area contributed by atoms with Gasteiger partial charge in [0, 0.05) is 11.8 Å². The molecule has 0 atom stereocenters. The van der Waals surface area contributed by atoms with Gasteiger partial charge in [-0.05, 0) is 36.2 Å². The molecule has 0 radical (unpaired) electrons. The van der Waals surface area contributed by atoms with E-state index in [1.165, 1.54) is 0 Å². The number of carbonyl (C=O) groups excluding carboxylic acids is 1. The topological polar surface area (TPSA) is 29.1 Å². The van der Waals surface area contributed by atoms with E-state index in [4.69, 9.17) is 0 Å². The molecule has 2 aromatic carbocycles. The van der Waals surface area contributed by atoms with Crippen molar-refractivity contribution in [1.82, 2.24) is 0 Å². The van der Waals surface area contributed by atoms with Crippen molar-refractivity contribution in [2.75, 3.05) is 5.32 Å². The van der Waals surface area contributed by atoms with Crippen LogP contribution in [0.2, 0.25) is 0 Å². The van der Waals surface area contributed by atoms with Gasteiger partial charge in [0.25, 0.3) is 5.91 Å². The number of anilines is 1. The van der Waals surface area contributed by atoms with Crippen LogP contribution >= 0.6 is 0 Å². The van der Waals surface area contributed by atoms with E-state index in [1.54, 1.807) is 12.1 Å². The van der Waals surface area contributed by atoms with Gasteiger partial charge in [0.05, 0.1) is 5.56 Å². The Hall–Kier alpha value is -2.23. The summed E-state index contributed by atoms with van der Waals surface area (Å²) in [5, 5.41) is 2.57. The van der Waals surface area contributed by atoms with Crippen LogP contribution in [0, 0.1) is 11.6 Å². The lowest BCUT2D eigenvalue weighted by Gasteiger charge is -2.07. The number of halogens is 2. The van der Waals surface area contributed by atoms with E-state index in [-0.39, 0.29) is 5.56 Å². The molecule has 0 aliphatic rings. The summed E-state index contributed by atoms with van der Waals surface area (Å²) in [6.07, 6.45) is 0.904. The van der Waals surface area contributed by atoms with Crippen LogP contribution in [-0.4, -0.2) is 5.91 Å². The van der Waals surface area contributed by atoms with Crippen molar-refractivity contribution in [3.63, 3.8) is 0 Å². The average Bonchev–Trinajstić information content (AvgIpc) is 2.50. The maximum atomic E-state index is 13.4. The minimum atomic E-state index is -0.873. The third-order valence-electron chi connectivity index (χ3n) is 2.80. The van der Waals surface area contributed by atoms with Crippen LogP contribution in [0.1, 0.15) is 36.7 Å². The quantitative estimate of drug-likeness (QED) is 0.864. The summed E-state index contributed by atoms with van der Waals surface area (Å²) in [5.74, 6) is -2.18. The predicted molar refractivity (Wildman–Crippen MR) is 81.5 cm³/mol. The second-order valence-corrected chi connectivity index (χ2v) is 4.13. The van der Waals surface area contributed by atoms with E-state index in [0.29, 0.717) is 11.8 Å². The maximum absolute atomic E-state index is 13.4. The Morgan fingerprint density at radius 3 is 2.19 bits per heavy atom. The Morgan fingerprint density at radius 2 is 1.67 bits per heavy atom. The van der Waals surface area contributed by atoms with Gasteiger partial charge in [-0.2, -0.15) is 0 Å². The van der Waals surface area contributed by atoms with Gasteiger partial charge in [0.15, 0.2) is 0 Å². The molecular weight excluding hydrogens is 272 g/mol. The lowest BCUT2D eigenvalue weighted by molar-refractivity contribution is 0.102. The lowest BCUT2D eigenvalue weighted by Crippen LogP contribution is -2.13. The first kappa shape index (κ1) is 16.8. The number of benzene rings is 2. The molecule has 2 nitrogen and oxygen atoms in total. The van der Waals surface area contributed by atoms with Gasteiger partial charge in [-0.15, -0.1) is 0 Å². The summed E-state index contributed by atoms with van der Waals surface area (Å²) in [5.41, 5.74) is 1.54. The van der Waals surface area contributed by atoms with Crippen LogP contribution in [0.25, 0.3) is 0 Å². The zero-order valence-corrected chi connectivity index (χ0v) is 12.4. The van der Waals surface area contributed by atoms with Crippen molar-refractivity contribution in [3.8, 4) is 0 Å². The number of carbonyl (C=O) groups is 1. The van der Waals surface area contributed by atoms with Gasteiger partial charge in [0.1, 0.15) is 11.6 Å². The van der Waals surface area contributed by atoms with Crippen LogP contribution in [-0.2, 0) is 6.42 Å². The SMILES string of the molecule is CC.CCc1ccc(NC(=O)c2ccc(F)cc2F)cc1. The third kappa shape index (κ3) is 4.67. The molecule has 0 heterocycles. The number of amides is 1. The second kappa shape index (κ2) is 8.15. The Kier molecular flexibility index (Phi) is 6.53. The van der Waals surface area contributed by atoms with Gasteiger partial charge >= 0.3 is 0 Å². The second-order valence-electron chi connectivity index (χ2n) is 4.13. The number of rotatable bonds is 3. The molecule has 0 spiro atoms. The highest BCUT2D eigenvalue weighted by Gasteiger charge is 2.12. The number of nitrogens with one attached hydrogen (secondary N) is 1. The number of hydrogen-bond acceptors (Lipinski definition) is 1. The van der Waals surface area contributed by atoms with Crippen molar-refractivity contribution in [1.29, 1.82) is 0 Å². The van der Waals surface area contributed by atoms with Gasteiger partial charge in [0.2, 0.25) is 0 Å². The Morgan fingerprint density at radius 1 is 1.05 bits per heavy atom. The summed E-state index contributed by atoms with van der Waals surface area (Å²) >= 11 is 0. The minimum absolute atomic E-state index is 0.180. The van der Waals surface area contributed by atoms with Crippen molar-refractivity contribution < 1.29 is 13.6 Å². The van der Waals surface area contributed by atoms with Crippen molar-refractivity contribution in [2.24, 2.45) is 0 Å². The van der Waals surface area contributed by atoms with E-state index in [2.05, 4.69) is 5.32 Å². The molecule has 1 amide bonds. The molecular formula is C17H19F2NO. The fourth-order valence-electron chi connectivity index (χ4n) is 1.70. The van der Waals surface area contributed by atoms with E-state index < -0.39 is 17.5 Å². The Bertz CT molecular complexity index is 594. The highest BCUT2D eigenvalue weighted by Crippen LogP contribution is 2.14. The smallest absolute Gasteiger partial charge is 0.258 e. The first-order chi connectivity index (χ1) is 10.1. The summed E-state index contributed by atoms with van der Waals surface area (Å²) in [7, 11) is 0. The van der Waals surface area contributed by atoms with Gasteiger partial charge < -0.3 is 5.32 Å². The monoisotopic (exact) mass is 291 g/mol. The molecule has 112 valence electrons. The zero-order chi connectivity index (χ0) is 15.8. The molecule has 0 aliphatic heterocycles. The van der Waals surface area contributed by atoms with Gasteiger partial charge in [-0.3, -0.25) is 4.79 Å². The van der Waals surface area contributed by atoms with Crippen LogP contribution in [0.5, 0.6) is 0 Å². The van der Waals surface area contributed by atoms with E-state index >= 15 is 0 Å². The molecule has 0 saturated carbocycles. The van der Waals surface area contributed by atoms with E-state index in [1.807, 2.05) is 32.9 Å². The van der Waals surface area contributed by atoms with Crippen LogP contribution in [0.3, 0.4) is 0 Å². The third-order valence-corrected chi connectivity index (χ3v) is 2.80. The highest BCUT2D eigenvalue weighted by molar-refractivity contribution is 6.04. The van der Waals surface area contributed by atoms with Crippen LogP contribution in [0.4, 0.5) is 14.5 Å². The number of hydrogen-bond donors (Lipinski definition) is 1. The van der Waals surface area contributed by atoms with Gasteiger partial charge in [-0.25, -0.2) is 8.78 Å². The average molecular weight is 291 g/mol. The van der Waals surface area contributed by atoms with Crippen molar-refractivity contribution in [3.05, 3.63) is 65.2 Å². The van der Waals surface area contributed by atoms with Crippen LogP contribution < -0.4 is 5.32 Å². The fraction of sp³-hybridized carbons (Fsp3) is 0.235. The number of aryl methyl sites for hydroxylation is 1. The minimum Gasteiger partial charge on any atom is -0.322 e. The first-order valence-corrected chi connectivity index (χ1v) is 6.95. The highest BCUT2D eigenvalue weighted by atomic mass is 19.1. The van der Waals surface area contributed by atoms with E-state index in [9.17, 15) is 13.6 Å². The normalized spacial score (nSPS) is 9.57. The van der Waals surface area contributed by atoms with Crippen molar-refractivity contribution >= 4 is 11.6 Å². The molecule has 4 heteroatoms. The van der Waals surface area contributed by atoms with Crippen molar-refractivity contribution in [2.45, 2.75) is 27.2 Å². The van der Waals surface area contributed by atoms with Crippen LogP contribution in [0.15, 0.2) is 42.5 Å². The van der Waals surface area contributed by atoms with E-state index in [0.717, 1.165) is 24.1 Å². The molecule has 0 aromatic heterocycles. The standard InChI is InChI=1S/C15H13F2NO.C2H6/c1-2-10-3-6-12(7-4-10)18-15(19)13-8-5-11(16)9-14(13)17;1-2/h3-9H,2H2,1H3,(H,18,19);1-2H3. The zero-order valence-electron chi connectivity index (χ0n) is 12.4. The first-order valence-electron chi connectivity index (χ1n) is 6.95. The summed E-state index contributed by atoms with van der Waals surface area (Å²) in [6, 6.07) is 10.1. The van der Waals surface area contributed by atoms with Gasteiger partial charge in [-0.1, -0.05) is 32.9 Å². The summed E-state index contributed by atoms with van der Waals surface area (Å²) < 4.78 is 26.2. The molecule has 2 rings (SSSR count). The summed E-state index contributed by atoms with van der Waals surface area (Å²) in [4.78, 5) is 11.8.